The van der Waals surface area contributed by atoms with Crippen LogP contribution in [-0.2, 0) is 4.79 Å². The van der Waals surface area contributed by atoms with Crippen LogP contribution in [0.1, 0.15) is 43.6 Å². The molecule has 0 aliphatic carbocycles. The first-order valence-corrected chi connectivity index (χ1v) is 8.83. The summed E-state index contributed by atoms with van der Waals surface area (Å²) in [6, 6.07) is 2.96. The maximum absolute atomic E-state index is 12.5. The highest BCUT2D eigenvalue weighted by Gasteiger charge is 2.28. The van der Waals surface area contributed by atoms with Crippen molar-refractivity contribution >= 4 is 34.4 Å². The van der Waals surface area contributed by atoms with E-state index in [4.69, 9.17) is 4.74 Å². The van der Waals surface area contributed by atoms with E-state index >= 15 is 0 Å². The molecule has 0 spiro atoms. The van der Waals surface area contributed by atoms with E-state index in [1.165, 1.54) is 0 Å². The fourth-order valence-electron chi connectivity index (χ4n) is 2.71. The van der Waals surface area contributed by atoms with Gasteiger partial charge in [0.15, 0.2) is 5.75 Å². The average Bonchev–Trinajstić information content (AvgIpc) is 2.54. The number of amides is 2. The molecule has 2 amide bonds. The first kappa shape index (κ1) is 18.0. The van der Waals surface area contributed by atoms with Crippen LogP contribution in [0.4, 0.5) is 0 Å². The van der Waals surface area contributed by atoms with Crippen molar-refractivity contribution in [3.63, 3.8) is 0 Å². The summed E-state index contributed by atoms with van der Waals surface area (Å²) in [5.41, 5.74) is 0.279. The van der Waals surface area contributed by atoms with Gasteiger partial charge >= 0.3 is 0 Å². The van der Waals surface area contributed by atoms with E-state index in [1.807, 2.05) is 27.5 Å². The van der Waals surface area contributed by atoms with Crippen LogP contribution >= 0.6 is 22.6 Å². The highest BCUT2D eigenvalue weighted by Crippen LogP contribution is 2.19. The van der Waals surface area contributed by atoms with Crippen molar-refractivity contribution in [3.05, 3.63) is 21.5 Å². The average molecular weight is 431 g/mol. The maximum atomic E-state index is 12.5. The molecule has 23 heavy (non-hydrogen) atoms. The van der Waals surface area contributed by atoms with E-state index in [2.05, 4.69) is 17.2 Å². The van der Waals surface area contributed by atoms with Gasteiger partial charge in [-0.1, -0.05) is 0 Å². The molecule has 1 aliphatic rings. The van der Waals surface area contributed by atoms with Crippen molar-refractivity contribution in [1.29, 1.82) is 0 Å². The zero-order chi connectivity index (χ0) is 17.0. The molecule has 2 rings (SSSR count). The van der Waals surface area contributed by atoms with E-state index in [9.17, 15) is 9.59 Å². The van der Waals surface area contributed by atoms with Gasteiger partial charge in [0.2, 0.25) is 5.91 Å². The largest absolute Gasteiger partial charge is 0.494 e. The van der Waals surface area contributed by atoms with Gasteiger partial charge in [0.1, 0.15) is 15.4 Å². The van der Waals surface area contributed by atoms with Crippen LogP contribution in [0.5, 0.6) is 5.75 Å². The van der Waals surface area contributed by atoms with E-state index < -0.39 is 6.04 Å². The molecule has 1 aromatic heterocycles. The number of halogens is 1. The number of carbonyl (C=O) groups is 2. The summed E-state index contributed by atoms with van der Waals surface area (Å²) < 4.78 is 5.74. The number of rotatable bonds is 4. The van der Waals surface area contributed by atoms with Crippen LogP contribution in [0, 0.1) is 3.70 Å². The molecule has 2 heterocycles. The van der Waals surface area contributed by atoms with E-state index in [0.29, 0.717) is 9.45 Å². The van der Waals surface area contributed by atoms with Gasteiger partial charge in [-0.2, -0.15) is 0 Å². The normalized spacial score (nSPS) is 19.1. The molecule has 1 aliphatic heterocycles. The number of nitrogens with zero attached hydrogens (tertiary/aromatic N) is 2. The summed E-state index contributed by atoms with van der Waals surface area (Å²) in [4.78, 5) is 30.9. The monoisotopic (exact) mass is 431 g/mol. The lowest BCUT2D eigenvalue weighted by molar-refractivity contribution is -0.136. The third-order valence-corrected chi connectivity index (χ3v) is 4.84. The zero-order valence-electron chi connectivity index (χ0n) is 13.6. The van der Waals surface area contributed by atoms with E-state index in [0.717, 1.165) is 25.8 Å². The molecule has 6 nitrogen and oxygen atoms in total. The third-order valence-electron chi connectivity index (χ3n) is 4.07. The summed E-state index contributed by atoms with van der Waals surface area (Å²) in [7, 11) is 1.56. The molecule has 126 valence electrons. The lowest BCUT2D eigenvalue weighted by Crippen LogP contribution is -2.51. The van der Waals surface area contributed by atoms with E-state index in [-0.39, 0.29) is 23.6 Å². The van der Waals surface area contributed by atoms with Gasteiger partial charge in [0.05, 0.1) is 7.11 Å². The summed E-state index contributed by atoms with van der Waals surface area (Å²) >= 11 is 2.01. The molecule has 1 aromatic rings. The van der Waals surface area contributed by atoms with Crippen molar-refractivity contribution in [1.82, 2.24) is 15.2 Å². The van der Waals surface area contributed by atoms with Crippen molar-refractivity contribution in [2.75, 3.05) is 13.7 Å². The highest BCUT2D eigenvalue weighted by molar-refractivity contribution is 14.1. The Kier molecular flexibility index (Phi) is 6.20. The standard InChI is InChI=1S/C16H22IN3O3/c1-10-6-4-5-9-20(10)16(22)11(2)18-15(21)12-7-8-13(23-3)14(17)19-12/h7-8,10-11H,4-6,9H2,1-3H3,(H,18,21)/t10-,11+/m0/s1. The van der Waals surface area contributed by atoms with Gasteiger partial charge in [-0.05, 0) is 67.8 Å². The summed E-state index contributed by atoms with van der Waals surface area (Å²) in [6.07, 6.45) is 3.19. The zero-order valence-corrected chi connectivity index (χ0v) is 15.8. The Bertz CT molecular complexity index is 594. The number of piperidine rings is 1. The number of nitrogens with one attached hydrogen (secondary N) is 1. The minimum absolute atomic E-state index is 0.0336. The van der Waals surface area contributed by atoms with Gasteiger partial charge in [-0.25, -0.2) is 4.98 Å². The van der Waals surface area contributed by atoms with Crippen LogP contribution in [-0.4, -0.2) is 47.4 Å². The third kappa shape index (κ3) is 4.33. The van der Waals surface area contributed by atoms with Gasteiger partial charge in [-0.3, -0.25) is 9.59 Å². The Balaban J connectivity index is 2.01. The van der Waals surface area contributed by atoms with Gasteiger partial charge in [-0.15, -0.1) is 0 Å². The molecular formula is C16H22IN3O3. The van der Waals surface area contributed by atoms with Crippen molar-refractivity contribution in [2.24, 2.45) is 0 Å². The van der Waals surface area contributed by atoms with Crippen molar-refractivity contribution in [3.8, 4) is 5.75 Å². The second kappa shape index (κ2) is 7.94. The van der Waals surface area contributed by atoms with Crippen LogP contribution < -0.4 is 10.1 Å². The Morgan fingerprint density at radius 3 is 2.78 bits per heavy atom. The molecule has 1 N–H and O–H groups in total. The van der Waals surface area contributed by atoms with Crippen LogP contribution in [0.3, 0.4) is 0 Å². The lowest BCUT2D eigenvalue weighted by Gasteiger charge is -2.35. The molecule has 0 bridgehead atoms. The van der Waals surface area contributed by atoms with Crippen LogP contribution in [0.15, 0.2) is 12.1 Å². The van der Waals surface area contributed by atoms with E-state index in [1.54, 1.807) is 26.2 Å². The van der Waals surface area contributed by atoms with Gasteiger partial charge in [0.25, 0.3) is 5.91 Å². The number of hydrogen-bond donors (Lipinski definition) is 1. The SMILES string of the molecule is COc1ccc(C(=O)N[C@H](C)C(=O)N2CCCC[C@@H]2C)nc1I. The Morgan fingerprint density at radius 2 is 2.17 bits per heavy atom. The minimum atomic E-state index is -0.565. The predicted molar refractivity (Wildman–Crippen MR) is 95.5 cm³/mol. The second-order valence-electron chi connectivity index (χ2n) is 5.76. The number of hydrogen-bond acceptors (Lipinski definition) is 4. The Hall–Kier alpha value is -1.38. The molecule has 0 unspecified atom stereocenters. The smallest absolute Gasteiger partial charge is 0.270 e. The number of likely N-dealkylation sites (tertiary alicyclic amines) is 1. The number of aromatic nitrogens is 1. The predicted octanol–water partition coefficient (Wildman–Crippen LogP) is 2.21. The summed E-state index contributed by atoms with van der Waals surface area (Å²) in [6.45, 7) is 4.54. The first-order valence-electron chi connectivity index (χ1n) is 7.76. The minimum Gasteiger partial charge on any atom is -0.494 e. The fourth-order valence-corrected chi connectivity index (χ4v) is 3.37. The Labute approximate surface area is 150 Å². The maximum Gasteiger partial charge on any atom is 0.270 e. The molecular weight excluding hydrogens is 409 g/mol. The first-order chi connectivity index (χ1) is 10.9. The van der Waals surface area contributed by atoms with Crippen LogP contribution in [0.2, 0.25) is 0 Å². The quantitative estimate of drug-likeness (QED) is 0.587. The van der Waals surface area contributed by atoms with Gasteiger partial charge < -0.3 is 15.0 Å². The number of methoxy groups -OCH3 is 1. The Morgan fingerprint density at radius 1 is 1.43 bits per heavy atom. The number of carbonyl (C=O) groups excluding carboxylic acids is 2. The molecule has 1 saturated heterocycles. The molecule has 2 atom stereocenters. The fraction of sp³-hybridized carbons (Fsp3) is 0.562. The molecule has 7 heteroatoms. The number of ether oxygens (including phenoxy) is 1. The second-order valence-corrected chi connectivity index (χ2v) is 6.78. The lowest BCUT2D eigenvalue weighted by atomic mass is 10.0. The molecule has 0 saturated carbocycles. The molecule has 0 radical (unpaired) electrons. The van der Waals surface area contributed by atoms with Crippen molar-refractivity contribution in [2.45, 2.75) is 45.2 Å². The summed E-state index contributed by atoms with van der Waals surface area (Å²) in [5, 5.41) is 2.74. The van der Waals surface area contributed by atoms with Crippen LogP contribution in [0.25, 0.3) is 0 Å². The number of pyridine rings is 1. The summed E-state index contributed by atoms with van der Waals surface area (Å²) in [5.74, 6) is 0.234. The van der Waals surface area contributed by atoms with Crippen molar-refractivity contribution < 1.29 is 14.3 Å². The molecule has 1 fully saturated rings. The van der Waals surface area contributed by atoms with Gasteiger partial charge in [0, 0.05) is 12.6 Å². The topological polar surface area (TPSA) is 71.5 Å². The molecule has 0 aromatic carbocycles. The highest BCUT2D eigenvalue weighted by atomic mass is 127.